The number of carbonyl (C=O) groups is 2. The van der Waals surface area contributed by atoms with Crippen LogP contribution in [0.25, 0.3) is 0 Å². The van der Waals surface area contributed by atoms with Gasteiger partial charge >= 0.3 is 0 Å². The number of phenols is 3. The largest absolute Gasteiger partial charge is 0.504 e. The van der Waals surface area contributed by atoms with Gasteiger partial charge in [0.05, 0.1) is 0 Å². The van der Waals surface area contributed by atoms with Crippen molar-refractivity contribution in [1.82, 2.24) is 10.2 Å². The molecular formula is C17H22N2O6. The fourth-order valence-electron chi connectivity index (χ4n) is 3.22. The summed E-state index contributed by atoms with van der Waals surface area (Å²) in [5, 5.41) is 31.4. The molecular weight excluding hydrogens is 328 g/mol. The predicted octanol–water partition coefficient (Wildman–Crippen LogP) is 0.703. The van der Waals surface area contributed by atoms with Gasteiger partial charge in [-0.25, -0.2) is 0 Å². The van der Waals surface area contributed by atoms with Crippen molar-refractivity contribution in [2.45, 2.75) is 37.8 Å². The summed E-state index contributed by atoms with van der Waals surface area (Å²) in [5.41, 5.74) is 0.106. The van der Waals surface area contributed by atoms with Gasteiger partial charge in [0.2, 0.25) is 5.91 Å². The third-order valence-electron chi connectivity index (χ3n) is 4.67. The van der Waals surface area contributed by atoms with Crippen LogP contribution in [0.3, 0.4) is 0 Å². The first kappa shape index (κ1) is 17.3. The lowest BCUT2D eigenvalue weighted by molar-refractivity contribution is -0.131. The van der Waals surface area contributed by atoms with Gasteiger partial charge in [-0.1, -0.05) is 0 Å². The molecule has 2 aliphatic heterocycles. The number of benzene rings is 1. The number of carbonyl (C=O) groups excluding carboxylic acids is 2. The van der Waals surface area contributed by atoms with E-state index in [-0.39, 0.29) is 29.5 Å². The Morgan fingerprint density at radius 2 is 1.72 bits per heavy atom. The topological polar surface area (TPSA) is 119 Å². The van der Waals surface area contributed by atoms with E-state index in [1.807, 2.05) is 0 Å². The average molecular weight is 350 g/mol. The number of likely N-dealkylation sites (tertiary alicyclic amines) is 1. The summed E-state index contributed by atoms with van der Waals surface area (Å²) in [6.45, 7) is 1.53. The lowest BCUT2D eigenvalue weighted by Crippen LogP contribution is -2.48. The molecule has 1 unspecified atom stereocenters. The van der Waals surface area contributed by atoms with Crippen LogP contribution < -0.4 is 5.32 Å². The smallest absolute Gasteiger partial charge is 0.254 e. The molecule has 2 heterocycles. The first-order valence-corrected chi connectivity index (χ1v) is 8.42. The van der Waals surface area contributed by atoms with Crippen molar-refractivity contribution >= 4 is 11.8 Å². The van der Waals surface area contributed by atoms with Crippen molar-refractivity contribution in [3.8, 4) is 17.2 Å². The zero-order chi connectivity index (χ0) is 18.0. The van der Waals surface area contributed by atoms with Crippen LogP contribution in [-0.4, -0.2) is 63.9 Å². The Labute approximate surface area is 145 Å². The van der Waals surface area contributed by atoms with Gasteiger partial charge in [0.15, 0.2) is 17.2 Å². The number of piperidine rings is 1. The minimum absolute atomic E-state index is 0.00220. The quantitative estimate of drug-likeness (QED) is 0.596. The maximum atomic E-state index is 12.5. The van der Waals surface area contributed by atoms with Crippen molar-refractivity contribution in [1.29, 1.82) is 0 Å². The van der Waals surface area contributed by atoms with Crippen LogP contribution in [0.2, 0.25) is 0 Å². The van der Waals surface area contributed by atoms with Gasteiger partial charge < -0.3 is 30.3 Å². The van der Waals surface area contributed by atoms with Crippen molar-refractivity contribution in [3.05, 3.63) is 17.7 Å². The average Bonchev–Trinajstić information content (AvgIpc) is 3.14. The normalized spacial score (nSPS) is 21.3. The van der Waals surface area contributed by atoms with E-state index >= 15 is 0 Å². The van der Waals surface area contributed by atoms with Crippen LogP contribution in [0.15, 0.2) is 12.1 Å². The molecule has 2 aliphatic rings. The standard InChI is InChI=1S/C17H22N2O6/c20-12-8-10(9-13(21)15(12)22)17(24)19-5-3-11(4-6-19)18-16(23)14-2-1-7-25-14/h8-9,11,14,20-22H,1-7H2,(H,18,23). The number of rotatable bonds is 3. The number of phenolic OH excluding ortho intramolecular Hbond substituents is 3. The second kappa shape index (κ2) is 7.18. The molecule has 0 spiro atoms. The maximum Gasteiger partial charge on any atom is 0.254 e. The van der Waals surface area contributed by atoms with Gasteiger partial charge in [0.25, 0.3) is 5.91 Å². The fourth-order valence-corrected chi connectivity index (χ4v) is 3.22. The van der Waals surface area contributed by atoms with E-state index < -0.39 is 17.2 Å². The molecule has 136 valence electrons. The first-order valence-electron chi connectivity index (χ1n) is 8.42. The summed E-state index contributed by atoms with van der Waals surface area (Å²) in [6, 6.07) is 2.26. The number of nitrogens with zero attached hydrogens (tertiary/aromatic N) is 1. The van der Waals surface area contributed by atoms with Crippen molar-refractivity contribution in [2.24, 2.45) is 0 Å². The Kier molecular flexibility index (Phi) is 4.98. The van der Waals surface area contributed by atoms with E-state index in [4.69, 9.17) is 4.74 Å². The number of ether oxygens (including phenoxy) is 1. The summed E-state index contributed by atoms with van der Waals surface area (Å²) in [6.07, 6.45) is 2.54. The van der Waals surface area contributed by atoms with Crippen molar-refractivity contribution in [2.75, 3.05) is 19.7 Å². The molecule has 1 atom stereocenters. The highest BCUT2D eigenvalue weighted by molar-refractivity contribution is 5.95. The number of amides is 2. The van der Waals surface area contributed by atoms with E-state index in [0.29, 0.717) is 32.5 Å². The second-order valence-corrected chi connectivity index (χ2v) is 6.44. The molecule has 3 rings (SSSR count). The molecule has 0 saturated carbocycles. The highest BCUT2D eigenvalue weighted by Gasteiger charge is 2.29. The summed E-state index contributed by atoms with van der Waals surface area (Å²) in [4.78, 5) is 26.1. The summed E-state index contributed by atoms with van der Waals surface area (Å²) in [7, 11) is 0. The van der Waals surface area contributed by atoms with Crippen molar-refractivity contribution in [3.63, 3.8) is 0 Å². The molecule has 2 amide bonds. The zero-order valence-corrected chi connectivity index (χ0v) is 13.8. The third kappa shape index (κ3) is 3.79. The van der Waals surface area contributed by atoms with E-state index in [1.54, 1.807) is 4.90 Å². The Morgan fingerprint density at radius 1 is 1.08 bits per heavy atom. The monoisotopic (exact) mass is 350 g/mol. The summed E-state index contributed by atoms with van der Waals surface area (Å²) >= 11 is 0. The number of hydrogen-bond donors (Lipinski definition) is 4. The molecule has 25 heavy (non-hydrogen) atoms. The second-order valence-electron chi connectivity index (χ2n) is 6.44. The van der Waals surface area contributed by atoms with E-state index in [0.717, 1.165) is 25.0 Å². The lowest BCUT2D eigenvalue weighted by atomic mass is 10.0. The highest BCUT2D eigenvalue weighted by atomic mass is 16.5. The Morgan fingerprint density at radius 3 is 2.28 bits per heavy atom. The lowest BCUT2D eigenvalue weighted by Gasteiger charge is -2.33. The molecule has 1 aromatic carbocycles. The van der Waals surface area contributed by atoms with Crippen LogP contribution in [0.1, 0.15) is 36.0 Å². The first-order chi connectivity index (χ1) is 12.0. The molecule has 2 saturated heterocycles. The minimum Gasteiger partial charge on any atom is -0.504 e. The molecule has 8 nitrogen and oxygen atoms in total. The maximum absolute atomic E-state index is 12.5. The Hall–Kier alpha value is -2.48. The number of aromatic hydroxyl groups is 3. The molecule has 0 bridgehead atoms. The zero-order valence-electron chi connectivity index (χ0n) is 13.8. The van der Waals surface area contributed by atoms with Gasteiger partial charge in [0, 0.05) is 31.3 Å². The van der Waals surface area contributed by atoms with Crippen LogP contribution >= 0.6 is 0 Å². The molecule has 0 aromatic heterocycles. The molecule has 1 aromatic rings. The third-order valence-corrected chi connectivity index (χ3v) is 4.67. The van der Waals surface area contributed by atoms with E-state index in [2.05, 4.69) is 5.32 Å². The molecule has 4 N–H and O–H groups in total. The Balaban J connectivity index is 1.55. The van der Waals surface area contributed by atoms with Gasteiger partial charge in [-0.05, 0) is 37.8 Å². The van der Waals surface area contributed by atoms with Crippen LogP contribution in [0, 0.1) is 0 Å². The minimum atomic E-state index is -0.646. The molecule has 0 aliphatic carbocycles. The summed E-state index contributed by atoms with van der Waals surface area (Å²) in [5.74, 6) is -2.15. The van der Waals surface area contributed by atoms with Gasteiger partial charge in [-0.15, -0.1) is 0 Å². The van der Waals surface area contributed by atoms with Crippen molar-refractivity contribution < 1.29 is 29.6 Å². The van der Waals surface area contributed by atoms with Crippen LogP contribution in [0.4, 0.5) is 0 Å². The Bertz CT molecular complexity index is 640. The molecule has 2 fully saturated rings. The molecule has 0 radical (unpaired) electrons. The predicted molar refractivity (Wildman–Crippen MR) is 87.5 cm³/mol. The summed E-state index contributed by atoms with van der Waals surface area (Å²) < 4.78 is 5.36. The van der Waals surface area contributed by atoms with Crippen LogP contribution in [-0.2, 0) is 9.53 Å². The SMILES string of the molecule is O=C(NC1CCN(C(=O)c2cc(O)c(O)c(O)c2)CC1)C1CCCO1. The van der Waals surface area contributed by atoms with Gasteiger partial charge in [0.1, 0.15) is 6.10 Å². The molecule has 8 heteroatoms. The highest BCUT2D eigenvalue weighted by Crippen LogP contribution is 2.35. The number of nitrogens with one attached hydrogen (secondary N) is 1. The van der Waals surface area contributed by atoms with Gasteiger partial charge in [-0.2, -0.15) is 0 Å². The van der Waals surface area contributed by atoms with Crippen LogP contribution in [0.5, 0.6) is 17.2 Å². The van der Waals surface area contributed by atoms with E-state index in [9.17, 15) is 24.9 Å². The fraction of sp³-hybridized carbons (Fsp3) is 0.529. The number of hydrogen-bond acceptors (Lipinski definition) is 6. The van der Waals surface area contributed by atoms with E-state index in [1.165, 1.54) is 0 Å². The van der Waals surface area contributed by atoms with Gasteiger partial charge in [-0.3, -0.25) is 9.59 Å².